The molecule has 0 amide bonds. The Morgan fingerprint density at radius 3 is 3.06 bits per heavy atom. The highest BCUT2D eigenvalue weighted by Gasteiger charge is 2.14. The number of ether oxygens (including phenoxy) is 1. The van der Waals surface area contributed by atoms with Crippen LogP contribution >= 0.6 is 11.8 Å². The third kappa shape index (κ3) is 3.17. The first-order chi connectivity index (χ1) is 7.75. The van der Waals surface area contributed by atoms with Crippen LogP contribution in [0.5, 0.6) is 0 Å². The van der Waals surface area contributed by atoms with Crippen molar-refractivity contribution >= 4 is 11.8 Å². The van der Waals surface area contributed by atoms with Crippen molar-refractivity contribution in [2.24, 2.45) is 0 Å². The first-order valence-electron chi connectivity index (χ1n) is 5.16. The molecule has 2 rings (SSSR count). The summed E-state index contributed by atoms with van der Waals surface area (Å²) in [5.41, 5.74) is 0. The van der Waals surface area contributed by atoms with Gasteiger partial charge in [0.15, 0.2) is 0 Å². The highest BCUT2D eigenvalue weighted by atomic mass is 32.2. The molecule has 1 saturated heterocycles. The van der Waals surface area contributed by atoms with Crippen molar-refractivity contribution in [1.29, 1.82) is 0 Å². The van der Waals surface area contributed by atoms with Crippen molar-refractivity contribution in [2.75, 3.05) is 25.4 Å². The maximum Gasteiger partial charge on any atom is 0.136 e. The molecular weight excluding hydrogens is 232 g/mol. The Hall–Kier alpha value is -0.650. The predicted octanol–water partition coefficient (Wildman–Crippen LogP) is 2.05. The lowest BCUT2D eigenvalue weighted by molar-refractivity contribution is 0.0440. The Balaban J connectivity index is 1.90. The summed E-state index contributed by atoms with van der Waals surface area (Å²) in [6.45, 7) is 2.30. The van der Waals surface area contributed by atoms with Crippen LogP contribution < -0.4 is 5.32 Å². The summed E-state index contributed by atoms with van der Waals surface area (Å²) < 4.78 is 31.6. The van der Waals surface area contributed by atoms with Crippen LogP contribution in [0.4, 0.5) is 8.78 Å². The van der Waals surface area contributed by atoms with Crippen molar-refractivity contribution in [2.45, 2.75) is 11.0 Å². The lowest BCUT2D eigenvalue weighted by Gasteiger charge is -2.23. The van der Waals surface area contributed by atoms with Crippen LogP contribution in [-0.2, 0) is 4.74 Å². The van der Waals surface area contributed by atoms with Crippen LogP contribution in [-0.4, -0.2) is 31.6 Å². The van der Waals surface area contributed by atoms with Crippen LogP contribution in [0.3, 0.4) is 0 Å². The molecule has 1 aromatic rings. The minimum absolute atomic E-state index is 0.0708. The molecule has 1 N–H and O–H groups in total. The molecule has 1 atom stereocenters. The molecule has 16 heavy (non-hydrogen) atoms. The summed E-state index contributed by atoms with van der Waals surface area (Å²) in [7, 11) is 0. The summed E-state index contributed by atoms with van der Waals surface area (Å²) in [6.07, 6.45) is 0.0708. The normalized spacial score (nSPS) is 21.0. The van der Waals surface area contributed by atoms with Gasteiger partial charge in [0.1, 0.15) is 11.6 Å². The summed E-state index contributed by atoms with van der Waals surface area (Å²) in [4.78, 5) is 0.342. The standard InChI is InChI=1S/C11H13F2NOS/c12-8-1-2-10(13)11(5-8)16-7-9-6-14-3-4-15-9/h1-2,5,9,14H,3-4,6-7H2. The zero-order chi connectivity index (χ0) is 11.4. The average molecular weight is 245 g/mol. The first kappa shape index (κ1) is 11.8. The molecule has 1 heterocycles. The zero-order valence-electron chi connectivity index (χ0n) is 8.71. The maximum absolute atomic E-state index is 13.3. The fourth-order valence-corrected chi connectivity index (χ4v) is 2.48. The molecule has 1 fully saturated rings. The molecule has 0 radical (unpaired) electrons. The van der Waals surface area contributed by atoms with E-state index >= 15 is 0 Å². The third-order valence-electron chi connectivity index (χ3n) is 2.32. The predicted molar refractivity (Wildman–Crippen MR) is 59.7 cm³/mol. The molecular formula is C11H13F2NOS. The van der Waals surface area contributed by atoms with E-state index in [0.29, 0.717) is 17.3 Å². The number of hydrogen-bond acceptors (Lipinski definition) is 3. The Bertz CT molecular complexity index is 356. The lowest BCUT2D eigenvalue weighted by atomic mass is 10.3. The minimum atomic E-state index is -0.411. The summed E-state index contributed by atoms with van der Waals surface area (Å²) in [6, 6.07) is 3.49. The second kappa shape index (κ2) is 5.61. The van der Waals surface area contributed by atoms with Crippen molar-refractivity contribution in [3.05, 3.63) is 29.8 Å². The van der Waals surface area contributed by atoms with Gasteiger partial charge in [-0.3, -0.25) is 0 Å². The summed E-state index contributed by atoms with van der Waals surface area (Å²) in [5, 5.41) is 3.19. The van der Waals surface area contributed by atoms with Gasteiger partial charge in [-0.25, -0.2) is 8.78 Å². The molecule has 2 nitrogen and oxygen atoms in total. The molecule has 1 aliphatic rings. The van der Waals surface area contributed by atoms with Crippen LogP contribution in [0.25, 0.3) is 0 Å². The topological polar surface area (TPSA) is 21.3 Å². The average Bonchev–Trinajstić information content (AvgIpc) is 2.32. The quantitative estimate of drug-likeness (QED) is 0.823. The zero-order valence-corrected chi connectivity index (χ0v) is 9.53. The third-order valence-corrected chi connectivity index (χ3v) is 3.48. The fourth-order valence-electron chi connectivity index (χ4n) is 1.50. The van der Waals surface area contributed by atoms with E-state index in [1.165, 1.54) is 17.8 Å². The molecule has 0 aliphatic carbocycles. The Morgan fingerprint density at radius 2 is 2.31 bits per heavy atom. The summed E-state index contributed by atoms with van der Waals surface area (Å²) in [5.74, 6) is -0.158. The SMILES string of the molecule is Fc1ccc(F)c(SCC2CNCCO2)c1. The number of halogens is 2. The first-order valence-corrected chi connectivity index (χ1v) is 6.14. The highest BCUT2D eigenvalue weighted by Crippen LogP contribution is 2.24. The van der Waals surface area contributed by atoms with Crippen LogP contribution in [0.2, 0.25) is 0 Å². The smallest absolute Gasteiger partial charge is 0.136 e. The van der Waals surface area contributed by atoms with E-state index in [2.05, 4.69) is 5.32 Å². The van der Waals surface area contributed by atoms with Gasteiger partial charge in [-0.15, -0.1) is 11.8 Å². The van der Waals surface area contributed by atoms with E-state index in [-0.39, 0.29) is 11.9 Å². The van der Waals surface area contributed by atoms with Gasteiger partial charge in [0, 0.05) is 23.7 Å². The number of nitrogens with one attached hydrogen (secondary N) is 1. The molecule has 1 aromatic carbocycles. The fraction of sp³-hybridized carbons (Fsp3) is 0.455. The Morgan fingerprint density at radius 1 is 1.44 bits per heavy atom. The molecule has 0 spiro atoms. The minimum Gasteiger partial charge on any atom is -0.375 e. The number of hydrogen-bond donors (Lipinski definition) is 1. The van der Waals surface area contributed by atoms with Gasteiger partial charge in [-0.05, 0) is 18.2 Å². The number of thioether (sulfide) groups is 1. The number of rotatable bonds is 3. The van der Waals surface area contributed by atoms with Crippen molar-refractivity contribution in [1.82, 2.24) is 5.32 Å². The van der Waals surface area contributed by atoms with Gasteiger partial charge < -0.3 is 10.1 Å². The molecule has 0 saturated carbocycles. The highest BCUT2D eigenvalue weighted by molar-refractivity contribution is 7.99. The maximum atomic E-state index is 13.3. The van der Waals surface area contributed by atoms with Crippen LogP contribution in [0, 0.1) is 11.6 Å². The second-order valence-electron chi connectivity index (χ2n) is 3.58. The molecule has 1 unspecified atom stereocenters. The second-order valence-corrected chi connectivity index (χ2v) is 4.64. The van der Waals surface area contributed by atoms with E-state index in [1.54, 1.807) is 0 Å². The lowest BCUT2D eigenvalue weighted by Crippen LogP contribution is -2.39. The van der Waals surface area contributed by atoms with E-state index < -0.39 is 5.82 Å². The van der Waals surface area contributed by atoms with Gasteiger partial charge in [-0.2, -0.15) is 0 Å². The Kier molecular flexibility index (Phi) is 4.15. The van der Waals surface area contributed by atoms with Gasteiger partial charge in [0.05, 0.1) is 12.7 Å². The van der Waals surface area contributed by atoms with Gasteiger partial charge >= 0.3 is 0 Å². The van der Waals surface area contributed by atoms with Crippen molar-refractivity contribution in [3.63, 3.8) is 0 Å². The van der Waals surface area contributed by atoms with Crippen LogP contribution in [0.1, 0.15) is 0 Å². The monoisotopic (exact) mass is 245 g/mol. The summed E-state index contributed by atoms with van der Waals surface area (Å²) >= 11 is 1.29. The molecule has 88 valence electrons. The van der Waals surface area contributed by atoms with E-state index in [4.69, 9.17) is 4.74 Å². The van der Waals surface area contributed by atoms with Gasteiger partial charge in [-0.1, -0.05) is 0 Å². The van der Waals surface area contributed by atoms with E-state index in [0.717, 1.165) is 25.2 Å². The molecule has 1 aliphatic heterocycles. The molecule has 5 heteroatoms. The van der Waals surface area contributed by atoms with E-state index in [1.807, 2.05) is 0 Å². The molecule has 0 bridgehead atoms. The number of benzene rings is 1. The largest absolute Gasteiger partial charge is 0.375 e. The van der Waals surface area contributed by atoms with Crippen LogP contribution in [0.15, 0.2) is 23.1 Å². The Labute approximate surface area is 97.4 Å². The van der Waals surface area contributed by atoms with Crippen molar-refractivity contribution < 1.29 is 13.5 Å². The molecule has 0 aromatic heterocycles. The van der Waals surface area contributed by atoms with Gasteiger partial charge in [0.25, 0.3) is 0 Å². The van der Waals surface area contributed by atoms with Crippen molar-refractivity contribution in [3.8, 4) is 0 Å². The van der Waals surface area contributed by atoms with Gasteiger partial charge in [0.2, 0.25) is 0 Å². The van der Waals surface area contributed by atoms with E-state index in [9.17, 15) is 8.78 Å². The number of morpholine rings is 1.